The van der Waals surface area contributed by atoms with Crippen LogP contribution in [0.25, 0.3) is 0 Å². The van der Waals surface area contributed by atoms with Crippen LogP contribution >= 0.6 is 15.9 Å². The van der Waals surface area contributed by atoms with E-state index in [1.165, 1.54) is 19.3 Å². The predicted octanol–water partition coefficient (Wildman–Crippen LogP) is 3.64. The van der Waals surface area contributed by atoms with Crippen molar-refractivity contribution in [1.82, 2.24) is 5.32 Å². The molecule has 0 bridgehead atoms. The fourth-order valence-corrected chi connectivity index (χ4v) is 3.06. The van der Waals surface area contributed by atoms with Crippen molar-refractivity contribution in [3.8, 4) is 0 Å². The van der Waals surface area contributed by atoms with Crippen molar-refractivity contribution >= 4 is 21.8 Å². The molecule has 1 N–H and O–H groups in total. The number of halogens is 1. The molecule has 94 valence electrons. The van der Waals surface area contributed by atoms with E-state index in [9.17, 15) is 4.79 Å². The van der Waals surface area contributed by atoms with Crippen LogP contribution < -0.4 is 5.32 Å². The molecule has 0 aromatic heterocycles. The molecular weight excluding hydrogens is 266 g/mol. The van der Waals surface area contributed by atoms with Crippen LogP contribution in [0.4, 0.5) is 0 Å². The molecule has 1 rings (SSSR count). The minimum Gasteiger partial charge on any atom is -0.353 e. The molecule has 2 atom stereocenters. The van der Waals surface area contributed by atoms with E-state index >= 15 is 0 Å². The van der Waals surface area contributed by atoms with Gasteiger partial charge in [0.25, 0.3) is 0 Å². The van der Waals surface area contributed by atoms with Gasteiger partial charge in [0.1, 0.15) is 0 Å². The Balaban J connectivity index is 2.44. The second kappa shape index (κ2) is 6.04. The summed E-state index contributed by atoms with van der Waals surface area (Å²) in [5.74, 6) is 0.257. The smallest absolute Gasteiger partial charge is 0.226 e. The zero-order valence-electron chi connectivity index (χ0n) is 10.7. The first-order chi connectivity index (χ1) is 7.44. The Kier molecular flexibility index (Phi) is 5.29. The summed E-state index contributed by atoms with van der Waals surface area (Å²) in [6.07, 6.45) is 6.78. The van der Waals surface area contributed by atoms with Gasteiger partial charge in [-0.2, -0.15) is 0 Å². The van der Waals surface area contributed by atoms with Crippen molar-refractivity contribution in [3.63, 3.8) is 0 Å². The van der Waals surface area contributed by atoms with Gasteiger partial charge in [-0.1, -0.05) is 49.0 Å². The first-order valence-corrected chi connectivity index (χ1v) is 7.30. The lowest BCUT2D eigenvalue weighted by Gasteiger charge is -2.33. The molecule has 2 unspecified atom stereocenters. The Bertz CT molecular complexity index is 234. The van der Waals surface area contributed by atoms with Crippen molar-refractivity contribution in [2.75, 3.05) is 0 Å². The number of carbonyl (C=O) groups is 1. The highest BCUT2D eigenvalue weighted by Crippen LogP contribution is 2.35. The maximum absolute atomic E-state index is 12.2. The minimum absolute atomic E-state index is 0.109. The molecule has 1 saturated carbocycles. The third-order valence-corrected chi connectivity index (χ3v) is 3.93. The summed E-state index contributed by atoms with van der Waals surface area (Å²) >= 11 is 3.52. The number of alkyl halides is 1. The fourth-order valence-electron chi connectivity index (χ4n) is 2.50. The first kappa shape index (κ1) is 14.0. The summed E-state index contributed by atoms with van der Waals surface area (Å²) in [6, 6.07) is 0.264. The van der Waals surface area contributed by atoms with Gasteiger partial charge in [-0.05, 0) is 26.2 Å². The van der Waals surface area contributed by atoms with Gasteiger partial charge in [-0.25, -0.2) is 0 Å². The molecule has 0 saturated heterocycles. The van der Waals surface area contributed by atoms with Crippen LogP contribution in [0.15, 0.2) is 0 Å². The standard InChI is InChI=1S/C13H24BrNO/c1-10(14)9-11(2)15-12(16)13(3)7-5-4-6-8-13/h10-11H,4-9H2,1-3H3,(H,15,16). The number of hydrogen-bond acceptors (Lipinski definition) is 1. The lowest BCUT2D eigenvalue weighted by atomic mass is 9.75. The van der Waals surface area contributed by atoms with Gasteiger partial charge >= 0.3 is 0 Å². The highest BCUT2D eigenvalue weighted by molar-refractivity contribution is 9.09. The van der Waals surface area contributed by atoms with Gasteiger partial charge in [0.2, 0.25) is 5.91 Å². The highest BCUT2D eigenvalue weighted by atomic mass is 79.9. The molecule has 0 aromatic rings. The SMILES string of the molecule is CC(Br)CC(C)NC(=O)C1(C)CCCCC1. The van der Waals surface area contributed by atoms with Gasteiger partial charge in [0.05, 0.1) is 0 Å². The Morgan fingerprint density at radius 1 is 1.31 bits per heavy atom. The number of carbonyl (C=O) groups excluding carboxylic acids is 1. The van der Waals surface area contributed by atoms with Crippen LogP contribution in [0.5, 0.6) is 0 Å². The molecule has 0 aromatic carbocycles. The molecule has 1 aliphatic rings. The van der Waals surface area contributed by atoms with Crippen LogP contribution in [0.1, 0.15) is 59.3 Å². The van der Waals surface area contributed by atoms with Crippen molar-refractivity contribution in [1.29, 1.82) is 0 Å². The van der Waals surface area contributed by atoms with Crippen LogP contribution in [-0.4, -0.2) is 16.8 Å². The lowest BCUT2D eigenvalue weighted by molar-refractivity contribution is -0.132. The van der Waals surface area contributed by atoms with E-state index in [0.717, 1.165) is 19.3 Å². The van der Waals surface area contributed by atoms with E-state index in [4.69, 9.17) is 0 Å². The number of rotatable bonds is 4. The second-order valence-corrected chi connectivity index (χ2v) is 7.08. The van der Waals surface area contributed by atoms with E-state index in [1.54, 1.807) is 0 Å². The van der Waals surface area contributed by atoms with Gasteiger partial charge in [-0.3, -0.25) is 4.79 Å². The topological polar surface area (TPSA) is 29.1 Å². The van der Waals surface area contributed by atoms with Crippen molar-refractivity contribution in [2.45, 2.75) is 70.2 Å². The van der Waals surface area contributed by atoms with Gasteiger partial charge in [0, 0.05) is 16.3 Å². The first-order valence-electron chi connectivity index (χ1n) is 6.39. The van der Waals surface area contributed by atoms with Crippen molar-refractivity contribution in [3.05, 3.63) is 0 Å². The average Bonchev–Trinajstić information content (AvgIpc) is 2.17. The number of amides is 1. The van der Waals surface area contributed by atoms with E-state index in [2.05, 4.69) is 42.0 Å². The lowest BCUT2D eigenvalue weighted by Crippen LogP contribution is -2.44. The molecule has 16 heavy (non-hydrogen) atoms. The van der Waals surface area contributed by atoms with Crippen LogP contribution in [0.3, 0.4) is 0 Å². The molecule has 0 radical (unpaired) electrons. The summed E-state index contributed by atoms with van der Waals surface area (Å²) in [4.78, 5) is 12.6. The van der Waals surface area contributed by atoms with Crippen molar-refractivity contribution < 1.29 is 4.79 Å². The van der Waals surface area contributed by atoms with E-state index in [1.807, 2.05) is 0 Å². The van der Waals surface area contributed by atoms with Crippen LogP contribution in [0, 0.1) is 5.41 Å². The molecular formula is C13H24BrNO. The summed E-state index contributed by atoms with van der Waals surface area (Å²) in [7, 11) is 0. The molecule has 2 nitrogen and oxygen atoms in total. The molecule has 0 aliphatic heterocycles. The largest absolute Gasteiger partial charge is 0.353 e. The highest BCUT2D eigenvalue weighted by Gasteiger charge is 2.34. The zero-order valence-corrected chi connectivity index (χ0v) is 12.3. The second-order valence-electron chi connectivity index (χ2n) is 5.51. The normalized spacial score (nSPS) is 23.5. The van der Waals surface area contributed by atoms with E-state index in [0.29, 0.717) is 4.83 Å². The summed E-state index contributed by atoms with van der Waals surface area (Å²) in [5.41, 5.74) is -0.109. The van der Waals surface area contributed by atoms with E-state index < -0.39 is 0 Å². The number of nitrogens with one attached hydrogen (secondary N) is 1. The average molecular weight is 290 g/mol. The minimum atomic E-state index is -0.109. The third-order valence-electron chi connectivity index (χ3n) is 3.56. The maximum Gasteiger partial charge on any atom is 0.226 e. The van der Waals surface area contributed by atoms with Crippen LogP contribution in [-0.2, 0) is 4.79 Å². The molecule has 3 heteroatoms. The number of hydrogen-bond donors (Lipinski definition) is 1. The van der Waals surface area contributed by atoms with Crippen LogP contribution in [0.2, 0.25) is 0 Å². The zero-order chi connectivity index (χ0) is 12.2. The Labute approximate surface area is 108 Å². The molecule has 1 aliphatic carbocycles. The van der Waals surface area contributed by atoms with Gasteiger partial charge in [-0.15, -0.1) is 0 Å². The summed E-state index contributed by atoms with van der Waals surface area (Å²) < 4.78 is 0. The predicted molar refractivity (Wildman–Crippen MR) is 71.8 cm³/mol. The van der Waals surface area contributed by atoms with Gasteiger partial charge in [0.15, 0.2) is 0 Å². The Hall–Kier alpha value is -0.0500. The fraction of sp³-hybridized carbons (Fsp3) is 0.923. The van der Waals surface area contributed by atoms with Gasteiger partial charge < -0.3 is 5.32 Å². The Morgan fingerprint density at radius 3 is 2.38 bits per heavy atom. The van der Waals surface area contributed by atoms with Crippen molar-refractivity contribution in [2.24, 2.45) is 5.41 Å². The summed E-state index contributed by atoms with van der Waals surface area (Å²) in [6.45, 7) is 6.32. The maximum atomic E-state index is 12.2. The summed E-state index contributed by atoms with van der Waals surface area (Å²) in [5, 5.41) is 3.15. The van der Waals surface area contributed by atoms with E-state index in [-0.39, 0.29) is 17.4 Å². The quantitative estimate of drug-likeness (QED) is 0.787. The molecule has 0 heterocycles. The molecule has 1 fully saturated rings. The molecule has 1 amide bonds. The monoisotopic (exact) mass is 289 g/mol. The Morgan fingerprint density at radius 2 is 1.88 bits per heavy atom. The third kappa shape index (κ3) is 4.08. The molecule has 0 spiro atoms.